The van der Waals surface area contributed by atoms with Crippen molar-refractivity contribution in [1.29, 1.82) is 0 Å². The van der Waals surface area contributed by atoms with Crippen LogP contribution in [0.4, 0.5) is 5.69 Å². The molecule has 1 aromatic heterocycles. The summed E-state index contributed by atoms with van der Waals surface area (Å²) in [6, 6.07) is 22.8. The van der Waals surface area contributed by atoms with Gasteiger partial charge in [0.1, 0.15) is 0 Å². The molecule has 0 saturated carbocycles. The number of hydrogen-bond donors (Lipinski definition) is 0. The van der Waals surface area contributed by atoms with E-state index in [-0.39, 0.29) is 11.7 Å². The van der Waals surface area contributed by atoms with Gasteiger partial charge in [-0.25, -0.2) is 13.4 Å². The first kappa shape index (κ1) is 23.9. The van der Waals surface area contributed by atoms with Gasteiger partial charge < -0.3 is 18.8 Å². The van der Waals surface area contributed by atoms with E-state index in [1.54, 1.807) is 23.5 Å². The van der Waals surface area contributed by atoms with Crippen LogP contribution in [0, 0.1) is 0 Å². The highest BCUT2D eigenvalue weighted by Crippen LogP contribution is 2.33. The number of benzene rings is 3. The Labute approximate surface area is 219 Å². The van der Waals surface area contributed by atoms with Crippen molar-refractivity contribution < 1.29 is 22.6 Å². The number of hydrogen-bond acceptors (Lipinski definition) is 7. The molecule has 2 aliphatic heterocycles. The molecule has 190 valence electrons. The number of fused-ring (bicyclic) bond motifs is 1. The van der Waals surface area contributed by atoms with Gasteiger partial charge in [-0.1, -0.05) is 36.4 Å². The molecule has 0 N–H and O–H groups in total. The Balaban J connectivity index is 1.37. The minimum atomic E-state index is -3.56. The van der Waals surface area contributed by atoms with Crippen molar-refractivity contribution in [2.24, 2.45) is 4.99 Å². The van der Waals surface area contributed by atoms with Gasteiger partial charge >= 0.3 is 0 Å². The SMILES string of the molecule is O=S(=O)(c1ccc(-c2csc(=Nc3ccccc3)n2Cc2ccc3c(c2)OCO3)cc1)N1CCOCC1. The Morgan fingerprint density at radius 2 is 1.65 bits per heavy atom. The van der Waals surface area contributed by atoms with E-state index in [2.05, 4.69) is 9.95 Å². The Morgan fingerprint density at radius 1 is 0.892 bits per heavy atom. The lowest BCUT2D eigenvalue weighted by molar-refractivity contribution is 0.0730. The van der Waals surface area contributed by atoms with E-state index in [9.17, 15) is 8.42 Å². The molecule has 0 bridgehead atoms. The van der Waals surface area contributed by atoms with Crippen LogP contribution in [0.3, 0.4) is 0 Å². The maximum atomic E-state index is 13.1. The van der Waals surface area contributed by atoms with E-state index >= 15 is 0 Å². The predicted molar refractivity (Wildman–Crippen MR) is 141 cm³/mol. The molecule has 6 rings (SSSR count). The summed E-state index contributed by atoms with van der Waals surface area (Å²) >= 11 is 1.54. The molecule has 4 aromatic rings. The molecule has 1 saturated heterocycles. The number of aromatic nitrogens is 1. The van der Waals surface area contributed by atoms with Gasteiger partial charge in [-0.2, -0.15) is 4.31 Å². The summed E-state index contributed by atoms with van der Waals surface area (Å²) in [5.41, 5.74) is 3.77. The molecule has 3 heterocycles. The maximum Gasteiger partial charge on any atom is 0.243 e. The van der Waals surface area contributed by atoms with Gasteiger partial charge in [0.05, 0.1) is 36.0 Å². The molecule has 8 nitrogen and oxygen atoms in total. The zero-order valence-corrected chi connectivity index (χ0v) is 21.6. The smallest absolute Gasteiger partial charge is 0.243 e. The highest BCUT2D eigenvalue weighted by atomic mass is 32.2. The summed E-state index contributed by atoms with van der Waals surface area (Å²) in [7, 11) is -3.56. The molecule has 1 fully saturated rings. The average molecular weight is 536 g/mol. The fourth-order valence-electron chi connectivity index (χ4n) is 4.37. The van der Waals surface area contributed by atoms with Crippen LogP contribution in [-0.2, 0) is 21.3 Å². The first-order chi connectivity index (χ1) is 18.1. The van der Waals surface area contributed by atoms with Gasteiger partial charge in [-0.3, -0.25) is 0 Å². The molecule has 0 amide bonds. The van der Waals surface area contributed by atoms with E-state index < -0.39 is 10.0 Å². The third-order valence-electron chi connectivity index (χ3n) is 6.31. The van der Waals surface area contributed by atoms with Crippen LogP contribution < -0.4 is 14.3 Å². The van der Waals surface area contributed by atoms with Crippen molar-refractivity contribution in [3.05, 3.63) is 88.5 Å². The summed E-state index contributed by atoms with van der Waals surface area (Å²) in [5.74, 6) is 1.47. The fraction of sp³-hybridized carbons (Fsp3) is 0.222. The van der Waals surface area contributed by atoms with Crippen molar-refractivity contribution >= 4 is 27.0 Å². The van der Waals surface area contributed by atoms with Gasteiger partial charge in [-0.05, 0) is 47.5 Å². The number of ether oxygens (including phenoxy) is 3. The van der Waals surface area contributed by atoms with Crippen molar-refractivity contribution in [2.45, 2.75) is 11.4 Å². The lowest BCUT2D eigenvalue weighted by Crippen LogP contribution is -2.40. The van der Waals surface area contributed by atoms with E-state index in [0.29, 0.717) is 32.8 Å². The van der Waals surface area contributed by atoms with Crippen LogP contribution in [0.25, 0.3) is 11.3 Å². The maximum absolute atomic E-state index is 13.1. The second kappa shape index (κ2) is 10.1. The summed E-state index contributed by atoms with van der Waals surface area (Å²) in [5, 5.41) is 2.06. The minimum absolute atomic E-state index is 0.226. The van der Waals surface area contributed by atoms with Gasteiger partial charge in [0.25, 0.3) is 0 Å². The summed E-state index contributed by atoms with van der Waals surface area (Å²) in [6.45, 7) is 2.36. The highest BCUT2D eigenvalue weighted by molar-refractivity contribution is 7.89. The highest BCUT2D eigenvalue weighted by Gasteiger charge is 2.26. The molecule has 37 heavy (non-hydrogen) atoms. The Morgan fingerprint density at radius 3 is 2.43 bits per heavy atom. The molecule has 0 spiro atoms. The Hall–Kier alpha value is -3.44. The molecular weight excluding hydrogens is 510 g/mol. The van der Waals surface area contributed by atoms with Gasteiger partial charge in [0.2, 0.25) is 16.8 Å². The number of morpholine rings is 1. The second-order valence-corrected chi connectivity index (χ2v) is 11.4. The fourth-order valence-corrected chi connectivity index (χ4v) is 6.71. The van der Waals surface area contributed by atoms with Crippen LogP contribution in [-0.4, -0.2) is 50.4 Å². The molecule has 2 aliphatic rings. The number of rotatable bonds is 6. The van der Waals surface area contributed by atoms with Crippen molar-refractivity contribution in [3.8, 4) is 22.8 Å². The normalized spacial score (nSPS) is 16.3. The average Bonchev–Trinajstić information content (AvgIpc) is 3.57. The van der Waals surface area contributed by atoms with Crippen LogP contribution in [0.1, 0.15) is 5.56 Å². The lowest BCUT2D eigenvalue weighted by Gasteiger charge is -2.26. The number of nitrogens with zero attached hydrogens (tertiary/aromatic N) is 3. The molecule has 0 unspecified atom stereocenters. The quantitative estimate of drug-likeness (QED) is 0.369. The third-order valence-corrected chi connectivity index (χ3v) is 9.09. The molecule has 10 heteroatoms. The standard InChI is InChI=1S/C27H25N3O5S2/c31-37(32,29-12-14-33-15-13-29)23-9-7-21(8-10-23)24-18-36-27(28-22-4-2-1-3-5-22)30(24)17-20-6-11-25-26(16-20)35-19-34-25/h1-11,16,18H,12-15,17,19H2. The van der Waals surface area contributed by atoms with E-state index in [0.717, 1.165) is 38.8 Å². The van der Waals surface area contributed by atoms with Crippen molar-refractivity contribution in [1.82, 2.24) is 8.87 Å². The topological polar surface area (TPSA) is 82.4 Å². The van der Waals surface area contributed by atoms with E-state index in [1.165, 1.54) is 4.31 Å². The predicted octanol–water partition coefficient (Wildman–Crippen LogP) is 4.25. The first-order valence-corrected chi connectivity index (χ1v) is 14.2. The largest absolute Gasteiger partial charge is 0.454 e. The lowest BCUT2D eigenvalue weighted by atomic mass is 10.1. The van der Waals surface area contributed by atoms with Crippen LogP contribution in [0.2, 0.25) is 0 Å². The molecule has 0 aliphatic carbocycles. The van der Waals surface area contributed by atoms with Crippen LogP contribution in [0.15, 0.2) is 88.1 Å². The van der Waals surface area contributed by atoms with Crippen LogP contribution >= 0.6 is 11.3 Å². The van der Waals surface area contributed by atoms with Gasteiger partial charge in [0, 0.05) is 18.5 Å². The van der Waals surface area contributed by atoms with Crippen molar-refractivity contribution in [2.75, 3.05) is 33.1 Å². The zero-order valence-electron chi connectivity index (χ0n) is 19.9. The summed E-state index contributed by atoms with van der Waals surface area (Å²) in [6.07, 6.45) is 0. The number of thiazole rings is 1. The minimum Gasteiger partial charge on any atom is -0.454 e. The van der Waals surface area contributed by atoms with E-state index in [4.69, 9.17) is 19.2 Å². The van der Waals surface area contributed by atoms with Gasteiger partial charge in [0.15, 0.2) is 16.3 Å². The number of sulfonamides is 1. The zero-order chi connectivity index (χ0) is 25.2. The molecule has 3 aromatic carbocycles. The first-order valence-electron chi connectivity index (χ1n) is 11.9. The van der Waals surface area contributed by atoms with E-state index in [1.807, 2.05) is 60.7 Å². The summed E-state index contributed by atoms with van der Waals surface area (Å²) in [4.78, 5) is 6.00. The number of para-hydroxylation sites is 1. The Bertz CT molecular complexity index is 1570. The molecule has 0 radical (unpaired) electrons. The van der Waals surface area contributed by atoms with Gasteiger partial charge in [-0.15, -0.1) is 11.3 Å². The summed E-state index contributed by atoms with van der Waals surface area (Å²) < 4.78 is 46.1. The molecular formula is C27H25N3O5S2. The monoisotopic (exact) mass is 535 g/mol. The Kier molecular flexibility index (Phi) is 6.56. The third kappa shape index (κ3) is 4.93. The molecule has 0 atom stereocenters. The van der Waals surface area contributed by atoms with Crippen LogP contribution in [0.5, 0.6) is 11.5 Å². The van der Waals surface area contributed by atoms with Crippen molar-refractivity contribution in [3.63, 3.8) is 0 Å². The second-order valence-electron chi connectivity index (χ2n) is 8.67.